The molecule has 176 valence electrons. The molecule has 0 aliphatic heterocycles. The average molecular weight is 482 g/mol. The van der Waals surface area contributed by atoms with Gasteiger partial charge in [0.25, 0.3) is 0 Å². The molecule has 5 N–H and O–H groups in total. The first-order valence-corrected chi connectivity index (χ1v) is 11.0. The molecular formula is C23H24ClN7O3. The average Bonchev–Trinajstić information content (AvgIpc) is 3.38. The maximum atomic E-state index is 10.1. The number of aryl methyl sites for hydroxylation is 1. The first kappa shape index (κ1) is 23.5. The summed E-state index contributed by atoms with van der Waals surface area (Å²) in [5.41, 5.74) is 13.4. The summed E-state index contributed by atoms with van der Waals surface area (Å²) < 4.78 is 12.8. The fourth-order valence-electron chi connectivity index (χ4n) is 3.38. The summed E-state index contributed by atoms with van der Waals surface area (Å²) >= 11 is 6.01. The Kier molecular flexibility index (Phi) is 6.43. The molecular weight excluding hydrogens is 458 g/mol. The van der Waals surface area contributed by atoms with Crippen molar-refractivity contribution in [3.8, 4) is 29.2 Å². The number of aromatic nitrogens is 5. The van der Waals surface area contributed by atoms with Crippen LogP contribution in [0.5, 0.6) is 5.88 Å². The van der Waals surface area contributed by atoms with Crippen LogP contribution in [0.1, 0.15) is 38.1 Å². The highest BCUT2D eigenvalue weighted by Gasteiger charge is 2.22. The number of nitrogens with zero attached hydrogens (tertiary/aromatic N) is 5. The molecule has 0 saturated heterocycles. The summed E-state index contributed by atoms with van der Waals surface area (Å²) in [6, 6.07) is 9.00. The van der Waals surface area contributed by atoms with Gasteiger partial charge in [0.15, 0.2) is 17.3 Å². The number of aliphatic hydroxyl groups is 1. The van der Waals surface area contributed by atoms with Crippen LogP contribution in [0.15, 0.2) is 35.0 Å². The summed E-state index contributed by atoms with van der Waals surface area (Å²) in [7, 11) is 0. The number of benzene rings is 1. The van der Waals surface area contributed by atoms with Crippen molar-refractivity contribution in [2.24, 2.45) is 5.73 Å². The van der Waals surface area contributed by atoms with Gasteiger partial charge < -0.3 is 25.9 Å². The quantitative estimate of drug-likeness (QED) is 0.353. The lowest BCUT2D eigenvalue weighted by atomic mass is 10.1. The molecule has 0 radical (unpaired) electrons. The Morgan fingerprint density at radius 3 is 2.56 bits per heavy atom. The number of anilines is 1. The van der Waals surface area contributed by atoms with Gasteiger partial charge in [0.05, 0.1) is 5.52 Å². The van der Waals surface area contributed by atoms with E-state index in [1.165, 1.54) is 0 Å². The van der Waals surface area contributed by atoms with Gasteiger partial charge in [-0.15, -0.1) is 0 Å². The van der Waals surface area contributed by atoms with E-state index < -0.39 is 11.7 Å². The Balaban J connectivity index is 1.88. The van der Waals surface area contributed by atoms with E-state index in [1.807, 2.05) is 23.6 Å². The Hall–Kier alpha value is -3.65. The van der Waals surface area contributed by atoms with Gasteiger partial charge in [-0.3, -0.25) is 0 Å². The van der Waals surface area contributed by atoms with Gasteiger partial charge in [-0.25, -0.2) is 14.6 Å². The van der Waals surface area contributed by atoms with Gasteiger partial charge in [0.1, 0.15) is 22.9 Å². The molecule has 0 amide bonds. The molecule has 0 aliphatic carbocycles. The summed E-state index contributed by atoms with van der Waals surface area (Å²) in [5, 5.41) is 18.3. The fourth-order valence-corrected chi connectivity index (χ4v) is 3.51. The van der Waals surface area contributed by atoms with Crippen LogP contribution >= 0.6 is 11.6 Å². The fraction of sp³-hybridized carbons (Fsp3) is 0.304. The largest absolute Gasteiger partial charge is 0.468 e. The highest BCUT2D eigenvalue weighted by molar-refractivity contribution is 6.30. The summed E-state index contributed by atoms with van der Waals surface area (Å²) in [6.45, 7) is 5.87. The number of rotatable bonds is 6. The van der Waals surface area contributed by atoms with Crippen molar-refractivity contribution in [2.75, 3.05) is 12.3 Å². The van der Waals surface area contributed by atoms with E-state index in [2.05, 4.69) is 32.1 Å². The molecule has 1 atom stereocenters. The van der Waals surface area contributed by atoms with E-state index in [4.69, 9.17) is 32.4 Å². The highest BCUT2D eigenvalue weighted by atomic mass is 35.5. The third-order valence-electron chi connectivity index (χ3n) is 4.96. The van der Waals surface area contributed by atoms with Gasteiger partial charge >= 0.3 is 0 Å². The van der Waals surface area contributed by atoms with E-state index in [-0.39, 0.29) is 12.4 Å². The third-order valence-corrected chi connectivity index (χ3v) is 5.21. The highest BCUT2D eigenvalue weighted by Crippen LogP contribution is 2.31. The van der Waals surface area contributed by atoms with Crippen LogP contribution in [-0.4, -0.2) is 42.1 Å². The molecule has 0 aliphatic rings. The van der Waals surface area contributed by atoms with Gasteiger partial charge in [-0.1, -0.05) is 29.7 Å². The minimum Gasteiger partial charge on any atom is -0.468 e. The normalized spacial score (nSPS) is 12.4. The zero-order valence-corrected chi connectivity index (χ0v) is 19.7. The number of nitrogens with two attached hydrogens (primary N) is 2. The molecule has 0 bridgehead atoms. The number of nitrogen functional groups attached to an aromatic ring is 1. The SMILES string of the molecule is CCn1c(-c2nonc2N)nc2c(C#CC(C)(C)O)nc(OC(CN)c3ccc(Cl)cc3)cc21. The Morgan fingerprint density at radius 2 is 1.97 bits per heavy atom. The van der Waals surface area contributed by atoms with Crippen molar-refractivity contribution in [1.29, 1.82) is 0 Å². The van der Waals surface area contributed by atoms with Crippen LogP contribution in [0.2, 0.25) is 5.02 Å². The Labute approximate surface area is 200 Å². The first-order chi connectivity index (χ1) is 16.2. The van der Waals surface area contributed by atoms with Crippen LogP contribution in [-0.2, 0) is 6.54 Å². The van der Waals surface area contributed by atoms with Crippen LogP contribution in [0.4, 0.5) is 5.82 Å². The van der Waals surface area contributed by atoms with Gasteiger partial charge in [0.2, 0.25) is 5.88 Å². The number of hydrogen-bond donors (Lipinski definition) is 3. The maximum Gasteiger partial charge on any atom is 0.217 e. The second-order valence-electron chi connectivity index (χ2n) is 8.06. The molecule has 4 aromatic rings. The van der Waals surface area contributed by atoms with Crippen LogP contribution in [0, 0.1) is 11.8 Å². The molecule has 1 aromatic carbocycles. The van der Waals surface area contributed by atoms with Gasteiger partial charge in [-0.05, 0) is 54.7 Å². The molecule has 10 nitrogen and oxygen atoms in total. The van der Waals surface area contributed by atoms with Crippen LogP contribution in [0.3, 0.4) is 0 Å². The topological polar surface area (TPSA) is 151 Å². The molecule has 1 unspecified atom stereocenters. The van der Waals surface area contributed by atoms with E-state index in [9.17, 15) is 5.11 Å². The first-order valence-electron chi connectivity index (χ1n) is 10.6. The maximum absolute atomic E-state index is 10.1. The van der Waals surface area contributed by atoms with Gasteiger partial charge in [-0.2, -0.15) is 0 Å². The van der Waals surface area contributed by atoms with Crippen molar-refractivity contribution < 1.29 is 14.5 Å². The van der Waals surface area contributed by atoms with E-state index in [0.29, 0.717) is 45.7 Å². The van der Waals surface area contributed by atoms with E-state index in [1.54, 1.807) is 32.0 Å². The lowest BCUT2D eigenvalue weighted by molar-refractivity contribution is 0.143. The predicted molar refractivity (Wildman–Crippen MR) is 128 cm³/mol. The molecule has 34 heavy (non-hydrogen) atoms. The third kappa shape index (κ3) is 4.82. The Bertz CT molecular complexity index is 1380. The lowest BCUT2D eigenvalue weighted by Gasteiger charge is -2.17. The van der Waals surface area contributed by atoms with E-state index >= 15 is 0 Å². The molecule has 3 aromatic heterocycles. The lowest BCUT2D eigenvalue weighted by Crippen LogP contribution is -2.19. The summed E-state index contributed by atoms with van der Waals surface area (Å²) in [5.74, 6) is 6.57. The molecule has 11 heteroatoms. The van der Waals surface area contributed by atoms with Crippen molar-refractivity contribution >= 4 is 28.5 Å². The standard InChI is InChI=1S/C23H24ClN7O3/c1-4-31-16-11-18(33-17(12-25)13-5-7-14(24)8-6-13)27-15(9-10-23(2,3)32)19(16)28-22(31)20-21(26)30-34-29-20/h5-8,11,17,32H,4,12,25H2,1-3H3,(H2,26,30). The van der Waals surface area contributed by atoms with Crippen molar-refractivity contribution in [3.05, 3.63) is 46.6 Å². The van der Waals surface area contributed by atoms with E-state index in [0.717, 1.165) is 5.56 Å². The zero-order valence-electron chi connectivity index (χ0n) is 18.9. The van der Waals surface area contributed by atoms with Gasteiger partial charge in [0, 0.05) is 24.2 Å². The second kappa shape index (κ2) is 9.30. The minimum absolute atomic E-state index is 0.115. The molecule has 0 fully saturated rings. The zero-order chi connectivity index (χ0) is 24.5. The summed E-state index contributed by atoms with van der Waals surface area (Å²) in [4.78, 5) is 9.25. The monoisotopic (exact) mass is 481 g/mol. The number of pyridine rings is 1. The number of hydrogen-bond acceptors (Lipinski definition) is 9. The van der Waals surface area contributed by atoms with Crippen molar-refractivity contribution in [2.45, 2.75) is 39.0 Å². The smallest absolute Gasteiger partial charge is 0.217 e. The molecule has 0 saturated carbocycles. The second-order valence-corrected chi connectivity index (χ2v) is 8.49. The van der Waals surface area contributed by atoms with Crippen LogP contribution < -0.4 is 16.2 Å². The summed E-state index contributed by atoms with van der Waals surface area (Å²) in [6.07, 6.45) is -0.467. The predicted octanol–water partition coefficient (Wildman–Crippen LogP) is 2.94. The number of fused-ring (bicyclic) bond motifs is 1. The molecule has 3 heterocycles. The molecule has 0 spiro atoms. The number of halogens is 1. The minimum atomic E-state index is -1.23. The number of imidazole rings is 1. The van der Waals surface area contributed by atoms with Crippen LogP contribution in [0.25, 0.3) is 22.6 Å². The molecule has 4 rings (SSSR count). The Morgan fingerprint density at radius 1 is 1.24 bits per heavy atom. The number of ether oxygens (including phenoxy) is 1. The van der Waals surface area contributed by atoms with Crippen molar-refractivity contribution in [1.82, 2.24) is 24.8 Å². The van der Waals surface area contributed by atoms with Crippen molar-refractivity contribution in [3.63, 3.8) is 0 Å².